The lowest BCUT2D eigenvalue weighted by molar-refractivity contribution is -0.166. The van der Waals surface area contributed by atoms with Crippen molar-refractivity contribution in [1.29, 1.82) is 0 Å². The summed E-state index contributed by atoms with van der Waals surface area (Å²) in [5, 5.41) is 0. The summed E-state index contributed by atoms with van der Waals surface area (Å²) in [6.07, 6.45) is 3.98. The van der Waals surface area contributed by atoms with Gasteiger partial charge in [-0.2, -0.15) is 0 Å². The van der Waals surface area contributed by atoms with Crippen LogP contribution in [0.15, 0.2) is 24.5 Å². The number of rotatable bonds is 4. The van der Waals surface area contributed by atoms with Crippen molar-refractivity contribution in [2.45, 2.75) is 39.7 Å². The van der Waals surface area contributed by atoms with E-state index in [-0.39, 0.29) is 12.5 Å². The highest BCUT2D eigenvalue weighted by Crippen LogP contribution is 2.25. The van der Waals surface area contributed by atoms with Crippen molar-refractivity contribution >= 4 is 5.97 Å². The fourth-order valence-corrected chi connectivity index (χ4v) is 1.58. The monoisotopic (exact) mass is 250 g/mol. The molecule has 0 aliphatic carbocycles. The van der Waals surface area contributed by atoms with E-state index < -0.39 is 11.0 Å². The van der Waals surface area contributed by atoms with E-state index in [1.54, 1.807) is 12.4 Å². The summed E-state index contributed by atoms with van der Waals surface area (Å²) >= 11 is 0. The number of nitrogens with zero attached hydrogens (tertiary/aromatic N) is 1. The minimum Gasteiger partial charge on any atom is -0.460 e. The fourth-order valence-electron chi connectivity index (χ4n) is 1.58. The summed E-state index contributed by atoms with van der Waals surface area (Å²) in [7, 11) is 0. The average Bonchev–Trinajstić information content (AvgIpc) is 2.28. The molecule has 1 unspecified atom stereocenters. The van der Waals surface area contributed by atoms with Crippen LogP contribution in [0.2, 0.25) is 0 Å². The number of esters is 1. The zero-order valence-electron chi connectivity index (χ0n) is 11.6. The molecule has 0 aliphatic heterocycles. The zero-order chi connectivity index (χ0) is 13.8. The van der Waals surface area contributed by atoms with Crippen molar-refractivity contribution in [3.8, 4) is 0 Å². The number of pyridine rings is 1. The second-order valence-corrected chi connectivity index (χ2v) is 5.80. The van der Waals surface area contributed by atoms with E-state index in [1.165, 1.54) is 0 Å². The first-order valence-electron chi connectivity index (χ1n) is 6.09. The maximum absolute atomic E-state index is 12.2. The molecule has 0 saturated heterocycles. The van der Waals surface area contributed by atoms with Gasteiger partial charge in [0.05, 0.1) is 5.41 Å². The Morgan fingerprint density at radius 3 is 2.28 bits per heavy atom. The van der Waals surface area contributed by atoms with Gasteiger partial charge in [0.1, 0.15) is 5.60 Å². The summed E-state index contributed by atoms with van der Waals surface area (Å²) in [6, 6.07) is 3.77. The van der Waals surface area contributed by atoms with Crippen LogP contribution in [-0.4, -0.2) is 23.1 Å². The molecular formula is C14H22N2O2. The van der Waals surface area contributed by atoms with Gasteiger partial charge in [-0.15, -0.1) is 0 Å². The van der Waals surface area contributed by atoms with Gasteiger partial charge in [0, 0.05) is 18.9 Å². The highest BCUT2D eigenvalue weighted by Gasteiger charge is 2.36. The molecule has 0 saturated carbocycles. The van der Waals surface area contributed by atoms with E-state index in [0.29, 0.717) is 6.42 Å². The maximum Gasteiger partial charge on any atom is 0.313 e. The van der Waals surface area contributed by atoms with Crippen LogP contribution in [0.1, 0.15) is 33.3 Å². The number of nitrogens with two attached hydrogens (primary N) is 1. The summed E-state index contributed by atoms with van der Waals surface area (Å²) in [4.78, 5) is 16.2. The van der Waals surface area contributed by atoms with Crippen LogP contribution in [0.25, 0.3) is 0 Å². The fraction of sp³-hybridized carbons (Fsp3) is 0.571. The van der Waals surface area contributed by atoms with Gasteiger partial charge in [-0.3, -0.25) is 9.78 Å². The first-order valence-corrected chi connectivity index (χ1v) is 6.09. The molecular weight excluding hydrogens is 228 g/mol. The number of aromatic nitrogens is 1. The van der Waals surface area contributed by atoms with Crippen LogP contribution in [0, 0.1) is 5.41 Å². The summed E-state index contributed by atoms with van der Waals surface area (Å²) in [5.41, 5.74) is 5.60. The molecule has 0 aliphatic rings. The largest absolute Gasteiger partial charge is 0.460 e. The Hall–Kier alpha value is -1.42. The molecule has 100 valence electrons. The van der Waals surface area contributed by atoms with Crippen molar-refractivity contribution in [2.75, 3.05) is 6.54 Å². The van der Waals surface area contributed by atoms with Gasteiger partial charge in [0.2, 0.25) is 0 Å². The van der Waals surface area contributed by atoms with Crippen LogP contribution >= 0.6 is 0 Å². The Morgan fingerprint density at radius 1 is 1.28 bits per heavy atom. The lowest BCUT2D eigenvalue weighted by Crippen LogP contribution is -2.42. The first kappa shape index (κ1) is 14.6. The Kier molecular flexibility index (Phi) is 4.46. The lowest BCUT2D eigenvalue weighted by Gasteiger charge is -2.30. The number of ether oxygens (including phenoxy) is 1. The summed E-state index contributed by atoms with van der Waals surface area (Å²) in [5.74, 6) is -0.255. The Balaban J connectivity index is 2.82. The highest BCUT2D eigenvalue weighted by molar-refractivity contribution is 5.77. The van der Waals surface area contributed by atoms with Crippen LogP contribution in [0.4, 0.5) is 0 Å². The molecule has 18 heavy (non-hydrogen) atoms. The SMILES string of the molecule is CC(C)(C)OC(=O)C(C)(CN)Cc1ccncc1. The Morgan fingerprint density at radius 2 is 1.83 bits per heavy atom. The van der Waals surface area contributed by atoms with Gasteiger partial charge >= 0.3 is 5.97 Å². The third kappa shape index (κ3) is 4.11. The van der Waals surface area contributed by atoms with Gasteiger partial charge in [0.15, 0.2) is 0 Å². The van der Waals surface area contributed by atoms with E-state index in [9.17, 15) is 4.79 Å². The number of hydrogen-bond acceptors (Lipinski definition) is 4. The molecule has 1 aromatic rings. The molecule has 0 spiro atoms. The third-order valence-corrected chi connectivity index (χ3v) is 2.69. The topological polar surface area (TPSA) is 65.2 Å². The number of carbonyl (C=O) groups excluding carboxylic acids is 1. The van der Waals surface area contributed by atoms with Crippen LogP contribution in [-0.2, 0) is 16.0 Å². The molecule has 0 fully saturated rings. The minimum absolute atomic E-state index is 0.254. The molecule has 0 aromatic carbocycles. The maximum atomic E-state index is 12.2. The second-order valence-electron chi connectivity index (χ2n) is 5.80. The molecule has 1 aromatic heterocycles. The quantitative estimate of drug-likeness (QED) is 0.829. The van der Waals surface area contributed by atoms with Crippen molar-refractivity contribution in [3.63, 3.8) is 0 Å². The van der Waals surface area contributed by atoms with E-state index in [1.807, 2.05) is 39.8 Å². The average molecular weight is 250 g/mol. The molecule has 0 radical (unpaired) electrons. The molecule has 2 N–H and O–H groups in total. The van der Waals surface area contributed by atoms with Gasteiger partial charge in [0.25, 0.3) is 0 Å². The van der Waals surface area contributed by atoms with E-state index in [2.05, 4.69) is 4.98 Å². The first-order chi connectivity index (χ1) is 8.27. The number of carbonyl (C=O) groups is 1. The van der Waals surface area contributed by atoms with E-state index >= 15 is 0 Å². The predicted molar refractivity (Wildman–Crippen MR) is 70.9 cm³/mol. The molecule has 1 rings (SSSR count). The smallest absolute Gasteiger partial charge is 0.313 e. The van der Waals surface area contributed by atoms with Gasteiger partial charge in [-0.1, -0.05) is 0 Å². The molecule has 0 amide bonds. The van der Waals surface area contributed by atoms with Gasteiger partial charge in [-0.05, 0) is 51.8 Å². The van der Waals surface area contributed by atoms with E-state index in [4.69, 9.17) is 10.5 Å². The molecule has 1 heterocycles. The minimum atomic E-state index is -0.700. The summed E-state index contributed by atoms with van der Waals surface area (Å²) in [6.45, 7) is 7.66. The molecule has 4 nitrogen and oxygen atoms in total. The standard InChI is InChI=1S/C14H22N2O2/c1-13(2,3)18-12(17)14(4,10-15)9-11-5-7-16-8-6-11/h5-8H,9-10,15H2,1-4H3. The molecule has 1 atom stereocenters. The Bertz CT molecular complexity index is 398. The Labute approximate surface area is 109 Å². The third-order valence-electron chi connectivity index (χ3n) is 2.69. The molecule has 0 bridgehead atoms. The van der Waals surface area contributed by atoms with E-state index in [0.717, 1.165) is 5.56 Å². The molecule has 4 heteroatoms. The lowest BCUT2D eigenvalue weighted by atomic mass is 9.84. The van der Waals surface area contributed by atoms with Crippen molar-refractivity contribution in [3.05, 3.63) is 30.1 Å². The van der Waals surface area contributed by atoms with Crippen molar-refractivity contribution < 1.29 is 9.53 Å². The number of hydrogen-bond donors (Lipinski definition) is 1. The van der Waals surface area contributed by atoms with Crippen molar-refractivity contribution in [2.24, 2.45) is 11.1 Å². The normalized spacial score (nSPS) is 14.9. The van der Waals surface area contributed by atoms with Gasteiger partial charge < -0.3 is 10.5 Å². The van der Waals surface area contributed by atoms with Gasteiger partial charge in [-0.25, -0.2) is 0 Å². The predicted octanol–water partition coefficient (Wildman–Crippen LogP) is 1.93. The van der Waals surface area contributed by atoms with Crippen LogP contribution < -0.4 is 5.73 Å². The van der Waals surface area contributed by atoms with Crippen LogP contribution in [0.5, 0.6) is 0 Å². The highest BCUT2D eigenvalue weighted by atomic mass is 16.6. The van der Waals surface area contributed by atoms with Crippen LogP contribution in [0.3, 0.4) is 0 Å². The summed E-state index contributed by atoms with van der Waals surface area (Å²) < 4.78 is 5.43. The second kappa shape index (κ2) is 5.48. The van der Waals surface area contributed by atoms with Crippen molar-refractivity contribution in [1.82, 2.24) is 4.98 Å². The zero-order valence-corrected chi connectivity index (χ0v) is 11.6.